The smallest absolute Gasteiger partial charge is 0.226 e. The van der Waals surface area contributed by atoms with Gasteiger partial charge >= 0.3 is 0 Å². The van der Waals surface area contributed by atoms with Gasteiger partial charge in [-0.1, -0.05) is 17.7 Å². The van der Waals surface area contributed by atoms with Gasteiger partial charge in [-0.2, -0.15) is 5.10 Å². The third-order valence-corrected chi connectivity index (χ3v) is 3.89. The van der Waals surface area contributed by atoms with Crippen molar-refractivity contribution in [3.63, 3.8) is 0 Å². The number of carbonyl (C=O) groups excluding carboxylic acids is 1. The van der Waals surface area contributed by atoms with Gasteiger partial charge in [0.1, 0.15) is 0 Å². The Morgan fingerprint density at radius 3 is 2.71 bits per heavy atom. The van der Waals surface area contributed by atoms with Crippen molar-refractivity contribution in [3.05, 3.63) is 46.2 Å². The summed E-state index contributed by atoms with van der Waals surface area (Å²) in [6.45, 7) is 7.83. The van der Waals surface area contributed by atoms with Gasteiger partial charge in [0.2, 0.25) is 5.91 Å². The van der Waals surface area contributed by atoms with Crippen LogP contribution in [0.5, 0.6) is 0 Å². The molecule has 2 aromatic rings. The van der Waals surface area contributed by atoms with Gasteiger partial charge in [-0.05, 0) is 51.5 Å². The summed E-state index contributed by atoms with van der Waals surface area (Å²) in [6.07, 6.45) is 0.369. The molecule has 0 aliphatic rings. The molecule has 0 bridgehead atoms. The van der Waals surface area contributed by atoms with E-state index >= 15 is 0 Å². The predicted octanol–water partition coefficient (Wildman–Crippen LogP) is 4.05. The summed E-state index contributed by atoms with van der Waals surface area (Å²) < 4.78 is 1.89. The highest BCUT2D eigenvalue weighted by atomic mass is 35.5. The Labute approximate surface area is 130 Å². The Balaban J connectivity index is 2.05. The number of hydrogen-bond donors (Lipinski definition) is 1. The van der Waals surface area contributed by atoms with Crippen molar-refractivity contribution in [2.75, 3.05) is 5.32 Å². The molecule has 0 unspecified atom stereocenters. The number of aromatic nitrogens is 2. The van der Waals surface area contributed by atoms with Crippen molar-refractivity contribution in [3.8, 4) is 0 Å². The van der Waals surface area contributed by atoms with E-state index in [1.165, 1.54) is 0 Å². The van der Waals surface area contributed by atoms with Crippen molar-refractivity contribution in [1.82, 2.24) is 9.78 Å². The third-order valence-electron chi connectivity index (χ3n) is 3.48. The van der Waals surface area contributed by atoms with E-state index in [1.807, 2.05) is 56.6 Å². The normalized spacial score (nSPS) is 12.2. The summed E-state index contributed by atoms with van der Waals surface area (Å²) in [7, 11) is 0. The van der Waals surface area contributed by atoms with Gasteiger partial charge in [0.25, 0.3) is 0 Å². The number of carbonyl (C=O) groups is 1. The first-order valence-electron chi connectivity index (χ1n) is 6.96. The number of hydrogen-bond acceptors (Lipinski definition) is 2. The quantitative estimate of drug-likeness (QED) is 0.926. The molecular weight excluding hydrogens is 286 g/mol. The molecule has 1 aromatic heterocycles. The molecule has 0 saturated heterocycles. The molecule has 5 heteroatoms. The lowest BCUT2D eigenvalue weighted by atomic mass is 10.1. The molecule has 1 N–H and O–H groups in total. The van der Waals surface area contributed by atoms with Gasteiger partial charge in [0.05, 0.1) is 11.7 Å². The molecule has 1 atom stereocenters. The minimum Gasteiger partial charge on any atom is -0.326 e. The fraction of sp³-hybridized carbons (Fsp3) is 0.375. The summed E-state index contributed by atoms with van der Waals surface area (Å²) >= 11 is 6.06. The van der Waals surface area contributed by atoms with E-state index < -0.39 is 0 Å². The molecule has 0 saturated carbocycles. The second-order valence-corrected chi connectivity index (χ2v) is 5.79. The summed E-state index contributed by atoms with van der Waals surface area (Å²) in [5.74, 6) is -0.0413. The number of aryl methyl sites for hydroxylation is 2. The average molecular weight is 306 g/mol. The lowest BCUT2D eigenvalue weighted by Crippen LogP contribution is -2.19. The molecular formula is C16H20ClN3O. The predicted molar refractivity (Wildman–Crippen MR) is 85.8 cm³/mol. The van der Waals surface area contributed by atoms with E-state index in [4.69, 9.17) is 11.6 Å². The fourth-order valence-corrected chi connectivity index (χ4v) is 2.57. The molecule has 112 valence electrons. The van der Waals surface area contributed by atoms with Crippen molar-refractivity contribution in [1.29, 1.82) is 0 Å². The Morgan fingerprint density at radius 1 is 1.38 bits per heavy atom. The number of halogens is 1. The second-order valence-electron chi connectivity index (χ2n) is 5.39. The van der Waals surface area contributed by atoms with Gasteiger partial charge in [-0.15, -0.1) is 0 Å². The summed E-state index contributed by atoms with van der Waals surface area (Å²) in [5.41, 5.74) is 3.66. The van der Waals surface area contributed by atoms with Crippen LogP contribution < -0.4 is 5.32 Å². The van der Waals surface area contributed by atoms with Crippen LogP contribution in [0.1, 0.15) is 36.3 Å². The zero-order valence-electron chi connectivity index (χ0n) is 12.8. The SMILES string of the molecule is Cc1cc(C)n([C@H](C)CC(=O)Nc2cccc(Cl)c2C)n1. The number of anilines is 1. The van der Waals surface area contributed by atoms with E-state index in [1.54, 1.807) is 0 Å². The molecule has 0 aliphatic heterocycles. The summed E-state index contributed by atoms with van der Waals surface area (Å²) in [6, 6.07) is 7.52. The van der Waals surface area contributed by atoms with Crippen LogP contribution >= 0.6 is 11.6 Å². The van der Waals surface area contributed by atoms with Crippen LogP contribution in [-0.4, -0.2) is 15.7 Å². The number of benzene rings is 1. The number of amides is 1. The van der Waals surface area contributed by atoms with Crippen LogP contribution in [0, 0.1) is 20.8 Å². The number of rotatable bonds is 4. The monoisotopic (exact) mass is 305 g/mol. The molecule has 1 heterocycles. The zero-order chi connectivity index (χ0) is 15.6. The first-order chi connectivity index (χ1) is 9.88. The molecule has 0 spiro atoms. The molecule has 0 fully saturated rings. The van der Waals surface area contributed by atoms with Crippen molar-refractivity contribution in [2.45, 2.75) is 40.2 Å². The minimum absolute atomic E-state index is 0.0122. The Kier molecular flexibility index (Phi) is 4.68. The fourth-order valence-electron chi connectivity index (χ4n) is 2.39. The van der Waals surface area contributed by atoms with Gasteiger partial charge in [-0.3, -0.25) is 9.48 Å². The molecule has 4 nitrogen and oxygen atoms in total. The Hall–Kier alpha value is -1.81. The number of nitrogens with zero attached hydrogens (tertiary/aromatic N) is 2. The highest BCUT2D eigenvalue weighted by Crippen LogP contribution is 2.23. The van der Waals surface area contributed by atoms with Gasteiger partial charge < -0.3 is 5.32 Å². The highest BCUT2D eigenvalue weighted by molar-refractivity contribution is 6.31. The van der Waals surface area contributed by atoms with Gasteiger partial charge in [0.15, 0.2) is 0 Å². The van der Waals surface area contributed by atoms with Crippen LogP contribution in [0.15, 0.2) is 24.3 Å². The largest absolute Gasteiger partial charge is 0.326 e. The lowest BCUT2D eigenvalue weighted by molar-refractivity contribution is -0.116. The van der Waals surface area contributed by atoms with Crippen LogP contribution in [0.25, 0.3) is 0 Å². The van der Waals surface area contributed by atoms with E-state index in [9.17, 15) is 4.79 Å². The van der Waals surface area contributed by atoms with Crippen LogP contribution in [-0.2, 0) is 4.79 Å². The molecule has 21 heavy (non-hydrogen) atoms. The molecule has 1 aromatic carbocycles. The average Bonchev–Trinajstić information content (AvgIpc) is 2.74. The van der Waals surface area contributed by atoms with Crippen molar-refractivity contribution in [2.24, 2.45) is 0 Å². The van der Waals surface area contributed by atoms with E-state index in [0.29, 0.717) is 11.4 Å². The minimum atomic E-state index is -0.0413. The lowest BCUT2D eigenvalue weighted by Gasteiger charge is -2.15. The van der Waals surface area contributed by atoms with Crippen molar-refractivity contribution >= 4 is 23.2 Å². The van der Waals surface area contributed by atoms with Crippen molar-refractivity contribution < 1.29 is 4.79 Å². The Morgan fingerprint density at radius 2 is 2.10 bits per heavy atom. The third kappa shape index (κ3) is 3.64. The molecule has 0 radical (unpaired) electrons. The van der Waals surface area contributed by atoms with Gasteiger partial charge in [-0.25, -0.2) is 0 Å². The van der Waals surface area contributed by atoms with Crippen LogP contribution in [0.4, 0.5) is 5.69 Å². The highest BCUT2D eigenvalue weighted by Gasteiger charge is 2.15. The van der Waals surface area contributed by atoms with E-state index in [2.05, 4.69) is 10.4 Å². The second kappa shape index (κ2) is 6.31. The van der Waals surface area contributed by atoms with E-state index in [0.717, 1.165) is 22.6 Å². The topological polar surface area (TPSA) is 46.9 Å². The first-order valence-corrected chi connectivity index (χ1v) is 7.34. The maximum atomic E-state index is 12.2. The zero-order valence-corrected chi connectivity index (χ0v) is 13.5. The standard InChI is InChI=1S/C16H20ClN3O/c1-10-8-11(2)20(19-10)12(3)9-16(21)18-15-7-5-6-14(17)13(15)4/h5-8,12H,9H2,1-4H3,(H,18,21)/t12-/m1/s1. The van der Waals surface area contributed by atoms with Crippen LogP contribution in [0.3, 0.4) is 0 Å². The summed E-state index contributed by atoms with van der Waals surface area (Å²) in [4.78, 5) is 12.2. The molecule has 2 rings (SSSR count). The summed E-state index contributed by atoms with van der Waals surface area (Å²) in [5, 5.41) is 7.98. The number of nitrogens with one attached hydrogen (secondary N) is 1. The maximum absolute atomic E-state index is 12.2. The molecule has 0 aliphatic carbocycles. The maximum Gasteiger partial charge on any atom is 0.226 e. The van der Waals surface area contributed by atoms with E-state index in [-0.39, 0.29) is 11.9 Å². The van der Waals surface area contributed by atoms with Crippen LogP contribution in [0.2, 0.25) is 5.02 Å². The first kappa shape index (κ1) is 15.6. The van der Waals surface area contributed by atoms with Gasteiger partial charge in [0, 0.05) is 22.8 Å². The Bertz CT molecular complexity index is 664. The molecule has 1 amide bonds.